The van der Waals surface area contributed by atoms with Crippen molar-refractivity contribution >= 4 is 23.1 Å². The molecule has 0 radical (unpaired) electrons. The van der Waals surface area contributed by atoms with Gasteiger partial charge in [-0.1, -0.05) is 6.42 Å². The minimum Gasteiger partial charge on any atom is -0.353 e. The standard InChI is InChI=1S/C19H27N5OS/c1-23-11-4-3-5-16(23)8-9-21-19(25)15-6-7-17(22-13-15)24(2)14-18-20-10-12-26-18/h6-7,10,12-13,16H,3-5,8-9,11,14H2,1-2H3,(H,21,25)/t16-/m1/s1. The number of hydrogen-bond donors (Lipinski definition) is 1. The summed E-state index contributed by atoms with van der Waals surface area (Å²) in [6, 6.07) is 4.31. The quantitative estimate of drug-likeness (QED) is 0.809. The first-order chi connectivity index (χ1) is 12.6. The molecule has 1 fully saturated rings. The molecular weight excluding hydrogens is 346 g/mol. The van der Waals surface area contributed by atoms with Gasteiger partial charge in [-0.3, -0.25) is 4.79 Å². The molecule has 0 unspecified atom stereocenters. The summed E-state index contributed by atoms with van der Waals surface area (Å²) in [6.07, 6.45) is 8.27. The normalized spacial score (nSPS) is 17.8. The summed E-state index contributed by atoms with van der Waals surface area (Å²) in [5, 5.41) is 6.04. The van der Waals surface area contributed by atoms with Gasteiger partial charge in [-0.05, 0) is 45.0 Å². The molecule has 0 aromatic carbocycles. The van der Waals surface area contributed by atoms with Crippen LogP contribution in [0.1, 0.15) is 41.0 Å². The minimum absolute atomic E-state index is 0.0508. The fourth-order valence-electron chi connectivity index (χ4n) is 3.32. The van der Waals surface area contributed by atoms with Gasteiger partial charge >= 0.3 is 0 Å². The highest BCUT2D eigenvalue weighted by molar-refractivity contribution is 7.09. The number of anilines is 1. The molecule has 7 heteroatoms. The van der Waals surface area contributed by atoms with Crippen LogP contribution in [0.2, 0.25) is 0 Å². The van der Waals surface area contributed by atoms with Gasteiger partial charge in [0.1, 0.15) is 10.8 Å². The third-order valence-corrected chi connectivity index (χ3v) is 5.71. The minimum atomic E-state index is -0.0508. The van der Waals surface area contributed by atoms with Crippen LogP contribution < -0.4 is 10.2 Å². The van der Waals surface area contributed by atoms with E-state index in [-0.39, 0.29) is 5.91 Å². The Morgan fingerprint density at radius 2 is 2.27 bits per heavy atom. The van der Waals surface area contributed by atoms with Gasteiger partial charge in [0.15, 0.2) is 0 Å². The lowest BCUT2D eigenvalue weighted by Gasteiger charge is -2.32. The van der Waals surface area contributed by atoms with E-state index in [2.05, 4.69) is 27.2 Å². The molecule has 140 valence electrons. The van der Waals surface area contributed by atoms with Gasteiger partial charge in [0.05, 0.1) is 12.1 Å². The van der Waals surface area contributed by atoms with E-state index < -0.39 is 0 Å². The van der Waals surface area contributed by atoms with E-state index in [9.17, 15) is 4.79 Å². The molecule has 0 saturated carbocycles. The van der Waals surface area contributed by atoms with Crippen LogP contribution in [0.15, 0.2) is 29.9 Å². The number of hydrogen-bond acceptors (Lipinski definition) is 6. The maximum atomic E-state index is 12.3. The summed E-state index contributed by atoms with van der Waals surface area (Å²) in [4.78, 5) is 25.5. The maximum absolute atomic E-state index is 12.3. The molecule has 3 heterocycles. The Labute approximate surface area is 159 Å². The number of aromatic nitrogens is 2. The molecule has 0 bridgehead atoms. The van der Waals surface area contributed by atoms with Crippen LogP contribution in [0, 0.1) is 0 Å². The number of nitrogens with one attached hydrogen (secondary N) is 1. The zero-order valence-electron chi connectivity index (χ0n) is 15.5. The van der Waals surface area contributed by atoms with Gasteiger partial charge in [-0.25, -0.2) is 9.97 Å². The first kappa shape index (κ1) is 18.8. The number of rotatable bonds is 7. The summed E-state index contributed by atoms with van der Waals surface area (Å²) in [5.41, 5.74) is 0.605. The summed E-state index contributed by atoms with van der Waals surface area (Å²) < 4.78 is 0. The van der Waals surface area contributed by atoms with Crippen molar-refractivity contribution in [2.45, 2.75) is 38.3 Å². The molecule has 0 spiro atoms. The Kier molecular flexibility index (Phi) is 6.57. The van der Waals surface area contributed by atoms with Crippen LogP contribution in [-0.2, 0) is 6.54 Å². The number of piperidine rings is 1. The van der Waals surface area contributed by atoms with Crippen molar-refractivity contribution in [3.05, 3.63) is 40.5 Å². The van der Waals surface area contributed by atoms with E-state index in [0.29, 0.717) is 24.7 Å². The number of amides is 1. The second kappa shape index (κ2) is 9.09. The predicted octanol–water partition coefficient (Wildman–Crippen LogP) is 2.78. The Hall–Kier alpha value is -1.99. The number of pyridine rings is 1. The Morgan fingerprint density at radius 1 is 1.38 bits per heavy atom. The highest BCUT2D eigenvalue weighted by Crippen LogP contribution is 2.17. The summed E-state index contributed by atoms with van der Waals surface area (Å²) >= 11 is 1.63. The highest BCUT2D eigenvalue weighted by atomic mass is 32.1. The van der Waals surface area contributed by atoms with Crippen LogP contribution in [-0.4, -0.2) is 54.0 Å². The average molecular weight is 374 g/mol. The zero-order chi connectivity index (χ0) is 18.4. The fraction of sp³-hybridized carbons (Fsp3) is 0.526. The number of carbonyl (C=O) groups is 1. The lowest BCUT2D eigenvalue weighted by Crippen LogP contribution is -2.39. The summed E-state index contributed by atoms with van der Waals surface area (Å²) in [5.74, 6) is 0.783. The van der Waals surface area contributed by atoms with Crippen LogP contribution >= 0.6 is 11.3 Å². The molecule has 1 saturated heterocycles. The molecule has 0 aliphatic carbocycles. The van der Waals surface area contributed by atoms with E-state index in [0.717, 1.165) is 17.2 Å². The smallest absolute Gasteiger partial charge is 0.252 e. The van der Waals surface area contributed by atoms with Crippen molar-refractivity contribution < 1.29 is 4.79 Å². The molecule has 26 heavy (non-hydrogen) atoms. The van der Waals surface area contributed by atoms with Crippen LogP contribution in [0.25, 0.3) is 0 Å². The van der Waals surface area contributed by atoms with Crippen molar-refractivity contribution in [2.75, 3.05) is 32.1 Å². The maximum Gasteiger partial charge on any atom is 0.252 e. The molecule has 2 aromatic rings. The molecule has 1 atom stereocenters. The van der Waals surface area contributed by atoms with E-state index in [4.69, 9.17) is 0 Å². The zero-order valence-corrected chi connectivity index (χ0v) is 16.3. The molecule has 2 aromatic heterocycles. The molecule has 1 aliphatic rings. The SMILES string of the molecule is CN(Cc1nccs1)c1ccc(C(=O)NCC[C@H]2CCCCN2C)cn1. The lowest BCUT2D eigenvalue weighted by molar-refractivity contribution is 0.0945. The van der Waals surface area contributed by atoms with Gasteiger partial charge < -0.3 is 15.1 Å². The first-order valence-electron chi connectivity index (χ1n) is 9.17. The van der Waals surface area contributed by atoms with Gasteiger partial charge in [0.25, 0.3) is 5.91 Å². The highest BCUT2D eigenvalue weighted by Gasteiger charge is 2.18. The van der Waals surface area contributed by atoms with Crippen LogP contribution in [0.3, 0.4) is 0 Å². The van der Waals surface area contributed by atoms with E-state index in [1.54, 1.807) is 23.7 Å². The number of carbonyl (C=O) groups excluding carboxylic acids is 1. The molecular formula is C19H27N5OS. The monoisotopic (exact) mass is 373 g/mol. The predicted molar refractivity (Wildman–Crippen MR) is 106 cm³/mol. The second-order valence-corrected chi connectivity index (χ2v) is 7.84. The molecule has 1 amide bonds. The molecule has 1 N–H and O–H groups in total. The summed E-state index contributed by atoms with van der Waals surface area (Å²) in [7, 11) is 4.15. The molecule has 1 aliphatic heterocycles. The largest absolute Gasteiger partial charge is 0.353 e. The third-order valence-electron chi connectivity index (χ3n) is 4.94. The molecule has 6 nitrogen and oxygen atoms in total. The fourth-order valence-corrected chi connectivity index (χ4v) is 3.99. The number of likely N-dealkylation sites (tertiary alicyclic amines) is 1. The Bertz CT molecular complexity index is 688. The molecule has 3 rings (SSSR count). The lowest BCUT2D eigenvalue weighted by atomic mass is 10.0. The number of nitrogens with zero attached hydrogens (tertiary/aromatic N) is 4. The van der Waals surface area contributed by atoms with Gasteiger partial charge in [0.2, 0.25) is 0 Å². The topological polar surface area (TPSA) is 61.4 Å². The van der Waals surface area contributed by atoms with E-state index in [1.165, 1.54) is 25.8 Å². The van der Waals surface area contributed by atoms with Crippen LogP contribution in [0.5, 0.6) is 0 Å². The van der Waals surface area contributed by atoms with Gasteiger partial charge in [-0.15, -0.1) is 11.3 Å². The van der Waals surface area contributed by atoms with Crippen molar-refractivity contribution in [1.29, 1.82) is 0 Å². The Balaban J connectivity index is 1.47. The van der Waals surface area contributed by atoms with E-state index in [1.807, 2.05) is 29.5 Å². The van der Waals surface area contributed by atoms with Crippen molar-refractivity contribution in [3.63, 3.8) is 0 Å². The first-order valence-corrected chi connectivity index (χ1v) is 10.1. The van der Waals surface area contributed by atoms with Crippen molar-refractivity contribution in [3.8, 4) is 0 Å². The average Bonchev–Trinajstić information content (AvgIpc) is 3.16. The van der Waals surface area contributed by atoms with Crippen molar-refractivity contribution in [1.82, 2.24) is 20.2 Å². The summed E-state index contributed by atoms with van der Waals surface area (Å²) in [6.45, 7) is 2.59. The van der Waals surface area contributed by atoms with Gasteiger partial charge in [-0.2, -0.15) is 0 Å². The van der Waals surface area contributed by atoms with Crippen LogP contribution in [0.4, 0.5) is 5.82 Å². The third kappa shape index (κ3) is 5.02. The second-order valence-electron chi connectivity index (χ2n) is 6.86. The number of thiazole rings is 1. The Morgan fingerprint density at radius 3 is 2.96 bits per heavy atom. The van der Waals surface area contributed by atoms with E-state index >= 15 is 0 Å². The van der Waals surface area contributed by atoms with Crippen molar-refractivity contribution in [2.24, 2.45) is 0 Å². The van der Waals surface area contributed by atoms with Gasteiger partial charge in [0, 0.05) is 37.4 Å².